The van der Waals surface area contributed by atoms with E-state index in [9.17, 15) is 5.11 Å². The molecule has 1 unspecified atom stereocenters. The monoisotopic (exact) mass is 224 g/mol. The van der Waals surface area contributed by atoms with E-state index in [1.807, 2.05) is 31.2 Å². The summed E-state index contributed by atoms with van der Waals surface area (Å²) in [6, 6.07) is 7.60. The van der Waals surface area contributed by atoms with Gasteiger partial charge >= 0.3 is 0 Å². The number of aliphatic hydroxyl groups excluding tert-OH is 1. The van der Waals surface area contributed by atoms with E-state index in [2.05, 4.69) is 6.58 Å². The lowest BCUT2D eigenvalue weighted by Crippen LogP contribution is -2.10. The van der Waals surface area contributed by atoms with Crippen molar-refractivity contribution in [2.75, 3.05) is 0 Å². The topological polar surface area (TPSA) is 20.2 Å². The van der Waals surface area contributed by atoms with Gasteiger partial charge in [-0.15, -0.1) is 6.58 Å². The third-order valence-electron chi connectivity index (χ3n) is 2.29. The summed E-state index contributed by atoms with van der Waals surface area (Å²) in [5.41, 5.74) is 2.23. The van der Waals surface area contributed by atoms with Crippen LogP contribution in [0.4, 0.5) is 0 Å². The van der Waals surface area contributed by atoms with Crippen molar-refractivity contribution in [2.24, 2.45) is 0 Å². The van der Waals surface area contributed by atoms with Gasteiger partial charge in [-0.1, -0.05) is 29.3 Å². The minimum Gasteiger partial charge on any atom is -0.393 e. The van der Waals surface area contributed by atoms with Crippen molar-refractivity contribution >= 4 is 11.6 Å². The molecule has 0 fully saturated rings. The highest BCUT2D eigenvalue weighted by Crippen LogP contribution is 2.13. The SMILES string of the molecule is C=C(C)CCC(O)Cc1ccc(Cl)cc1. The summed E-state index contributed by atoms with van der Waals surface area (Å²) in [5, 5.41) is 10.5. The van der Waals surface area contributed by atoms with Crippen molar-refractivity contribution in [1.82, 2.24) is 0 Å². The summed E-state index contributed by atoms with van der Waals surface area (Å²) in [4.78, 5) is 0. The summed E-state index contributed by atoms with van der Waals surface area (Å²) in [5.74, 6) is 0. The van der Waals surface area contributed by atoms with E-state index in [1.165, 1.54) is 0 Å². The van der Waals surface area contributed by atoms with Crippen LogP contribution in [0.3, 0.4) is 0 Å². The molecule has 1 nitrogen and oxygen atoms in total. The number of aliphatic hydroxyl groups is 1. The van der Waals surface area contributed by atoms with Gasteiger partial charge in [-0.3, -0.25) is 0 Å². The maximum Gasteiger partial charge on any atom is 0.0583 e. The van der Waals surface area contributed by atoms with Crippen LogP contribution in [-0.4, -0.2) is 11.2 Å². The fourth-order valence-electron chi connectivity index (χ4n) is 1.41. The van der Waals surface area contributed by atoms with Gasteiger partial charge in [0.15, 0.2) is 0 Å². The van der Waals surface area contributed by atoms with Crippen LogP contribution in [0, 0.1) is 0 Å². The molecule has 15 heavy (non-hydrogen) atoms. The Kier molecular flexibility index (Phi) is 4.86. The second-order valence-corrected chi connectivity index (χ2v) is 4.42. The number of hydrogen-bond donors (Lipinski definition) is 1. The highest BCUT2D eigenvalue weighted by molar-refractivity contribution is 6.30. The molecule has 2 heteroatoms. The summed E-state index contributed by atoms with van der Waals surface area (Å²) in [7, 11) is 0. The first kappa shape index (κ1) is 12.3. The fourth-order valence-corrected chi connectivity index (χ4v) is 1.53. The van der Waals surface area contributed by atoms with E-state index >= 15 is 0 Å². The van der Waals surface area contributed by atoms with Gasteiger partial charge in [-0.25, -0.2) is 0 Å². The van der Waals surface area contributed by atoms with Gasteiger partial charge in [0, 0.05) is 5.02 Å². The van der Waals surface area contributed by atoms with Crippen molar-refractivity contribution < 1.29 is 5.11 Å². The summed E-state index contributed by atoms with van der Waals surface area (Å²) in [6.45, 7) is 5.80. The highest BCUT2D eigenvalue weighted by Gasteiger charge is 2.05. The van der Waals surface area contributed by atoms with Crippen LogP contribution >= 0.6 is 11.6 Å². The quantitative estimate of drug-likeness (QED) is 0.758. The van der Waals surface area contributed by atoms with E-state index in [0.717, 1.165) is 29.0 Å². The molecule has 0 aliphatic heterocycles. The first-order valence-electron chi connectivity index (χ1n) is 5.15. The van der Waals surface area contributed by atoms with Gasteiger partial charge in [0.1, 0.15) is 0 Å². The first-order valence-corrected chi connectivity index (χ1v) is 5.52. The van der Waals surface area contributed by atoms with Crippen LogP contribution < -0.4 is 0 Å². The lowest BCUT2D eigenvalue weighted by molar-refractivity contribution is 0.165. The molecule has 0 bridgehead atoms. The van der Waals surface area contributed by atoms with E-state index in [-0.39, 0.29) is 6.10 Å². The summed E-state index contributed by atoms with van der Waals surface area (Å²) >= 11 is 5.78. The Morgan fingerprint density at radius 3 is 2.53 bits per heavy atom. The van der Waals surface area contributed by atoms with Gasteiger partial charge in [-0.2, -0.15) is 0 Å². The molecule has 0 spiro atoms. The molecular weight excluding hydrogens is 208 g/mol. The van der Waals surface area contributed by atoms with Crippen LogP contribution in [0.15, 0.2) is 36.4 Å². The average Bonchev–Trinajstić information content (AvgIpc) is 2.19. The van der Waals surface area contributed by atoms with Crippen molar-refractivity contribution in [2.45, 2.75) is 32.3 Å². The minimum atomic E-state index is -0.289. The molecule has 1 aromatic carbocycles. The molecule has 1 atom stereocenters. The van der Waals surface area contributed by atoms with Crippen molar-refractivity contribution in [1.29, 1.82) is 0 Å². The Morgan fingerprint density at radius 1 is 1.40 bits per heavy atom. The second-order valence-electron chi connectivity index (χ2n) is 3.98. The molecule has 82 valence electrons. The Balaban J connectivity index is 2.40. The van der Waals surface area contributed by atoms with Gasteiger partial charge in [0.05, 0.1) is 6.10 Å². The molecular formula is C13H17ClO. The molecule has 0 radical (unpaired) electrons. The van der Waals surface area contributed by atoms with Gasteiger partial charge in [0.25, 0.3) is 0 Å². The van der Waals surface area contributed by atoms with Crippen LogP contribution in [0.2, 0.25) is 5.02 Å². The van der Waals surface area contributed by atoms with E-state index in [1.54, 1.807) is 0 Å². The van der Waals surface area contributed by atoms with Gasteiger partial charge < -0.3 is 5.11 Å². The molecule has 1 aromatic rings. The number of rotatable bonds is 5. The lowest BCUT2D eigenvalue weighted by atomic mass is 10.0. The Bertz CT molecular complexity index is 316. The zero-order valence-corrected chi connectivity index (χ0v) is 9.80. The molecule has 0 saturated heterocycles. The zero-order valence-electron chi connectivity index (χ0n) is 9.04. The van der Waals surface area contributed by atoms with Crippen molar-refractivity contribution in [3.63, 3.8) is 0 Å². The normalized spacial score (nSPS) is 12.5. The predicted molar refractivity (Wildman–Crippen MR) is 65.2 cm³/mol. The minimum absolute atomic E-state index is 0.289. The maximum atomic E-state index is 9.75. The Morgan fingerprint density at radius 2 is 2.00 bits per heavy atom. The number of allylic oxidation sites excluding steroid dienone is 1. The first-order chi connectivity index (χ1) is 7.08. The molecule has 0 saturated carbocycles. The maximum absolute atomic E-state index is 9.75. The van der Waals surface area contributed by atoms with Crippen molar-refractivity contribution in [3.8, 4) is 0 Å². The third kappa shape index (κ3) is 5.01. The third-order valence-corrected chi connectivity index (χ3v) is 2.54. The summed E-state index contributed by atoms with van der Waals surface area (Å²) < 4.78 is 0. The average molecular weight is 225 g/mol. The molecule has 0 aliphatic rings. The molecule has 0 heterocycles. The van der Waals surface area contributed by atoms with Crippen LogP contribution in [-0.2, 0) is 6.42 Å². The standard InChI is InChI=1S/C13H17ClO/c1-10(2)3-8-13(15)9-11-4-6-12(14)7-5-11/h4-7,13,15H,1,3,8-9H2,2H3. The number of hydrogen-bond acceptors (Lipinski definition) is 1. The van der Waals surface area contributed by atoms with E-state index < -0.39 is 0 Å². The van der Waals surface area contributed by atoms with Crippen LogP contribution in [0.25, 0.3) is 0 Å². The van der Waals surface area contributed by atoms with E-state index in [4.69, 9.17) is 11.6 Å². The number of benzene rings is 1. The molecule has 1 rings (SSSR count). The second kappa shape index (κ2) is 5.94. The molecule has 0 aromatic heterocycles. The molecule has 0 aliphatic carbocycles. The zero-order chi connectivity index (χ0) is 11.3. The van der Waals surface area contributed by atoms with E-state index in [0.29, 0.717) is 6.42 Å². The number of halogens is 1. The Labute approximate surface area is 96.4 Å². The van der Waals surface area contributed by atoms with Crippen molar-refractivity contribution in [3.05, 3.63) is 47.0 Å². The molecule has 1 N–H and O–H groups in total. The predicted octanol–water partition coefficient (Wildman–Crippen LogP) is 3.60. The summed E-state index contributed by atoms with van der Waals surface area (Å²) in [6.07, 6.45) is 2.06. The van der Waals surface area contributed by atoms with Gasteiger partial charge in [0.2, 0.25) is 0 Å². The smallest absolute Gasteiger partial charge is 0.0583 e. The largest absolute Gasteiger partial charge is 0.393 e. The van der Waals surface area contributed by atoms with Gasteiger partial charge in [-0.05, 0) is 43.9 Å². The Hall–Kier alpha value is -0.790. The highest BCUT2D eigenvalue weighted by atomic mass is 35.5. The van der Waals surface area contributed by atoms with Crippen LogP contribution in [0.5, 0.6) is 0 Å². The van der Waals surface area contributed by atoms with Crippen LogP contribution in [0.1, 0.15) is 25.3 Å². The molecule has 0 amide bonds. The lowest BCUT2D eigenvalue weighted by Gasteiger charge is -2.10. The fraction of sp³-hybridized carbons (Fsp3) is 0.385.